The first kappa shape index (κ1) is 19.6. The summed E-state index contributed by atoms with van der Waals surface area (Å²) >= 11 is 0. The lowest BCUT2D eigenvalue weighted by Gasteiger charge is -2.34. The predicted octanol–water partition coefficient (Wildman–Crippen LogP) is 2.62. The van der Waals surface area contributed by atoms with Gasteiger partial charge in [0.05, 0.1) is 4.90 Å². The van der Waals surface area contributed by atoms with Crippen LogP contribution in [0.15, 0.2) is 59.5 Å². The Bertz CT molecular complexity index is 1150. The standard InChI is InChI=1S/C21H22FN3O3S/c1-16-14-17-4-2-3-5-20(17)25(16)15-21(26)23-10-12-24(13-11-23)29(27,28)19-8-6-18(22)7-9-19/h2-9,14H,10-13,15H2,1H3. The monoisotopic (exact) mass is 415 g/mol. The summed E-state index contributed by atoms with van der Waals surface area (Å²) in [6.07, 6.45) is 0. The predicted molar refractivity (Wildman–Crippen MR) is 108 cm³/mol. The van der Waals surface area contributed by atoms with Crippen LogP contribution in [0, 0.1) is 12.7 Å². The molecule has 2 aromatic carbocycles. The van der Waals surface area contributed by atoms with Crippen LogP contribution >= 0.6 is 0 Å². The zero-order valence-electron chi connectivity index (χ0n) is 16.1. The number of carbonyl (C=O) groups is 1. The van der Waals surface area contributed by atoms with E-state index in [9.17, 15) is 17.6 Å². The van der Waals surface area contributed by atoms with Gasteiger partial charge in [0.2, 0.25) is 15.9 Å². The normalized spacial score (nSPS) is 15.7. The zero-order valence-corrected chi connectivity index (χ0v) is 16.9. The molecule has 1 amide bonds. The molecule has 8 heteroatoms. The Morgan fingerprint density at radius 2 is 1.66 bits per heavy atom. The van der Waals surface area contributed by atoms with Crippen molar-refractivity contribution in [2.24, 2.45) is 0 Å². The van der Waals surface area contributed by atoms with E-state index in [0.717, 1.165) is 28.7 Å². The SMILES string of the molecule is Cc1cc2ccccc2n1CC(=O)N1CCN(S(=O)(=O)c2ccc(F)cc2)CC1. The molecule has 2 heterocycles. The molecule has 152 valence electrons. The van der Waals surface area contributed by atoms with Gasteiger partial charge in [-0.25, -0.2) is 12.8 Å². The molecule has 1 aliphatic rings. The largest absolute Gasteiger partial charge is 0.339 e. The Balaban J connectivity index is 1.43. The van der Waals surface area contributed by atoms with Crippen molar-refractivity contribution in [1.82, 2.24) is 13.8 Å². The summed E-state index contributed by atoms with van der Waals surface area (Å²) in [6.45, 7) is 3.30. The fourth-order valence-electron chi connectivity index (χ4n) is 3.73. The minimum absolute atomic E-state index is 0.0340. The van der Waals surface area contributed by atoms with E-state index >= 15 is 0 Å². The van der Waals surface area contributed by atoms with E-state index in [2.05, 4.69) is 6.07 Å². The van der Waals surface area contributed by atoms with Gasteiger partial charge in [-0.3, -0.25) is 4.79 Å². The Labute approximate surface area is 169 Å². The molecule has 0 aliphatic carbocycles. The number of hydrogen-bond acceptors (Lipinski definition) is 3. The Hall–Kier alpha value is -2.71. The van der Waals surface area contributed by atoms with Crippen LogP contribution in [0.5, 0.6) is 0 Å². The maximum absolute atomic E-state index is 13.1. The van der Waals surface area contributed by atoms with E-state index in [1.807, 2.05) is 35.8 Å². The van der Waals surface area contributed by atoms with Crippen molar-refractivity contribution in [3.63, 3.8) is 0 Å². The molecular weight excluding hydrogens is 393 g/mol. The van der Waals surface area contributed by atoms with Gasteiger partial charge >= 0.3 is 0 Å². The number of fused-ring (bicyclic) bond motifs is 1. The summed E-state index contributed by atoms with van der Waals surface area (Å²) < 4.78 is 41.9. The van der Waals surface area contributed by atoms with E-state index in [1.54, 1.807) is 4.90 Å². The fraction of sp³-hybridized carbons (Fsp3) is 0.286. The third-order valence-corrected chi connectivity index (χ3v) is 7.27. The second kappa shape index (κ2) is 7.61. The molecule has 6 nitrogen and oxygen atoms in total. The van der Waals surface area contributed by atoms with Gasteiger partial charge in [0.1, 0.15) is 12.4 Å². The highest BCUT2D eigenvalue weighted by atomic mass is 32.2. The maximum atomic E-state index is 13.1. The molecule has 1 aliphatic heterocycles. The fourth-order valence-corrected chi connectivity index (χ4v) is 5.15. The molecule has 3 aromatic rings. The van der Waals surface area contributed by atoms with Crippen molar-refractivity contribution in [2.75, 3.05) is 26.2 Å². The summed E-state index contributed by atoms with van der Waals surface area (Å²) in [6, 6.07) is 14.8. The van der Waals surface area contributed by atoms with Crippen molar-refractivity contribution in [1.29, 1.82) is 0 Å². The number of halogens is 1. The minimum atomic E-state index is -3.69. The first-order valence-corrected chi connectivity index (χ1v) is 10.9. The van der Waals surface area contributed by atoms with Gasteiger partial charge in [0.25, 0.3) is 0 Å². The number of piperazine rings is 1. The molecule has 1 aromatic heterocycles. The van der Waals surface area contributed by atoms with Crippen molar-refractivity contribution >= 4 is 26.8 Å². The number of para-hydroxylation sites is 1. The average Bonchev–Trinajstić information content (AvgIpc) is 3.03. The van der Waals surface area contributed by atoms with Crippen LogP contribution in [-0.4, -0.2) is 54.3 Å². The lowest BCUT2D eigenvalue weighted by atomic mass is 10.2. The molecule has 0 N–H and O–H groups in total. The Kier molecular flexibility index (Phi) is 5.14. The molecule has 1 fully saturated rings. The summed E-state index contributed by atoms with van der Waals surface area (Å²) in [5, 5.41) is 1.09. The van der Waals surface area contributed by atoms with Crippen LogP contribution in [-0.2, 0) is 21.4 Å². The quantitative estimate of drug-likeness (QED) is 0.658. The highest BCUT2D eigenvalue weighted by Gasteiger charge is 2.30. The van der Waals surface area contributed by atoms with Crippen molar-refractivity contribution < 1.29 is 17.6 Å². The average molecular weight is 415 g/mol. The number of aromatic nitrogens is 1. The molecule has 29 heavy (non-hydrogen) atoms. The lowest BCUT2D eigenvalue weighted by molar-refractivity contribution is -0.132. The van der Waals surface area contributed by atoms with Gasteiger partial charge in [-0.2, -0.15) is 4.31 Å². The molecule has 0 spiro atoms. The summed E-state index contributed by atoms with van der Waals surface area (Å²) in [4.78, 5) is 14.6. The van der Waals surface area contributed by atoms with Crippen molar-refractivity contribution in [2.45, 2.75) is 18.4 Å². The summed E-state index contributed by atoms with van der Waals surface area (Å²) in [5.41, 5.74) is 2.02. The molecule has 1 saturated heterocycles. The van der Waals surface area contributed by atoms with Gasteiger partial charge in [-0.15, -0.1) is 0 Å². The Morgan fingerprint density at radius 3 is 2.34 bits per heavy atom. The number of benzene rings is 2. The van der Waals surface area contributed by atoms with Gasteiger partial charge in [0.15, 0.2) is 0 Å². The third-order valence-electron chi connectivity index (χ3n) is 5.35. The molecule has 0 bridgehead atoms. The number of carbonyl (C=O) groups excluding carboxylic acids is 1. The second-order valence-electron chi connectivity index (χ2n) is 7.17. The molecule has 0 saturated carbocycles. The van der Waals surface area contributed by atoms with E-state index in [-0.39, 0.29) is 30.4 Å². The highest BCUT2D eigenvalue weighted by Crippen LogP contribution is 2.21. The third kappa shape index (κ3) is 3.77. The van der Waals surface area contributed by atoms with Crippen LogP contribution in [0.1, 0.15) is 5.69 Å². The smallest absolute Gasteiger partial charge is 0.243 e. The first-order valence-electron chi connectivity index (χ1n) is 9.44. The van der Waals surface area contributed by atoms with Gasteiger partial charge in [-0.1, -0.05) is 18.2 Å². The topological polar surface area (TPSA) is 62.6 Å². The van der Waals surface area contributed by atoms with Crippen LogP contribution < -0.4 is 0 Å². The number of aryl methyl sites for hydroxylation is 1. The molecule has 0 radical (unpaired) electrons. The van der Waals surface area contributed by atoms with E-state index in [4.69, 9.17) is 0 Å². The van der Waals surface area contributed by atoms with Gasteiger partial charge in [-0.05, 0) is 48.7 Å². The molecule has 0 atom stereocenters. The van der Waals surface area contributed by atoms with Crippen molar-refractivity contribution in [3.05, 3.63) is 66.1 Å². The van der Waals surface area contributed by atoms with Crippen LogP contribution in [0.4, 0.5) is 4.39 Å². The molecule has 0 unspecified atom stereocenters. The maximum Gasteiger partial charge on any atom is 0.243 e. The van der Waals surface area contributed by atoms with E-state index in [0.29, 0.717) is 13.1 Å². The number of amides is 1. The van der Waals surface area contributed by atoms with Gasteiger partial charge in [0, 0.05) is 37.4 Å². The van der Waals surface area contributed by atoms with Gasteiger partial charge < -0.3 is 9.47 Å². The minimum Gasteiger partial charge on any atom is -0.339 e. The summed E-state index contributed by atoms with van der Waals surface area (Å²) in [5.74, 6) is -0.513. The number of sulfonamides is 1. The second-order valence-corrected chi connectivity index (χ2v) is 9.11. The first-order chi connectivity index (χ1) is 13.9. The number of hydrogen-bond donors (Lipinski definition) is 0. The van der Waals surface area contributed by atoms with Crippen molar-refractivity contribution in [3.8, 4) is 0 Å². The van der Waals surface area contributed by atoms with E-state index < -0.39 is 15.8 Å². The number of rotatable bonds is 4. The van der Waals surface area contributed by atoms with E-state index in [1.165, 1.54) is 16.4 Å². The van der Waals surface area contributed by atoms with Crippen LogP contribution in [0.2, 0.25) is 0 Å². The Morgan fingerprint density at radius 1 is 1.00 bits per heavy atom. The molecule has 4 rings (SSSR count). The molecular formula is C21H22FN3O3S. The summed E-state index contributed by atoms with van der Waals surface area (Å²) in [7, 11) is -3.69. The lowest BCUT2D eigenvalue weighted by Crippen LogP contribution is -2.51. The van der Waals surface area contributed by atoms with Crippen LogP contribution in [0.3, 0.4) is 0 Å². The zero-order chi connectivity index (χ0) is 20.6. The number of nitrogens with zero attached hydrogens (tertiary/aromatic N) is 3. The highest BCUT2D eigenvalue weighted by molar-refractivity contribution is 7.89. The van der Waals surface area contributed by atoms with Crippen LogP contribution in [0.25, 0.3) is 10.9 Å².